The number of carboxylic acid groups (broad SMARTS) is 1. The first kappa shape index (κ1) is 14.4. The van der Waals surface area contributed by atoms with Gasteiger partial charge in [0.15, 0.2) is 0 Å². The first-order valence-corrected chi connectivity index (χ1v) is 7.73. The maximum absolute atomic E-state index is 9.00. The minimum absolute atomic E-state index is 0.385. The number of tetrazole rings is 1. The van der Waals surface area contributed by atoms with Gasteiger partial charge >= 0.3 is 97.0 Å². The van der Waals surface area contributed by atoms with E-state index in [1.54, 1.807) is 6.21 Å². The number of benzene rings is 1. The van der Waals surface area contributed by atoms with E-state index in [0.717, 1.165) is 15.8 Å². The van der Waals surface area contributed by atoms with Crippen molar-refractivity contribution in [2.75, 3.05) is 0 Å². The van der Waals surface area contributed by atoms with Crippen LogP contribution in [0.15, 0.2) is 35.4 Å². The molecule has 0 unspecified atom stereocenters. The summed E-state index contributed by atoms with van der Waals surface area (Å²) in [6.45, 7) is 1.08. The molecule has 0 bridgehead atoms. The molecule has 0 aliphatic carbocycles. The Hall–Kier alpha value is -1.63. The van der Waals surface area contributed by atoms with E-state index in [2.05, 4.69) is 20.6 Å². The first-order chi connectivity index (χ1) is 8.59. The Bertz CT molecular complexity index is 522. The molecule has 0 saturated carbocycles. The molecule has 2 aromatic rings. The molecule has 7 nitrogen and oxygen atoms in total. The van der Waals surface area contributed by atoms with E-state index in [9.17, 15) is 0 Å². The third kappa shape index (κ3) is 5.62. The molecule has 0 fully saturated rings. The fourth-order valence-corrected chi connectivity index (χ4v) is 1.76. The molecule has 1 aromatic heterocycles. The number of nitrogens with zero attached hydrogens (tertiary/aromatic N) is 5. The van der Waals surface area contributed by atoms with Crippen LogP contribution in [0.2, 0.25) is 0 Å². The van der Waals surface area contributed by atoms with Crippen LogP contribution >= 0.6 is 0 Å². The Kier molecular flexibility index (Phi) is 6.13. The van der Waals surface area contributed by atoms with Crippen LogP contribution in [0.4, 0.5) is 0 Å². The van der Waals surface area contributed by atoms with E-state index in [-0.39, 0.29) is 0 Å². The summed E-state index contributed by atoms with van der Waals surface area (Å²) >= 11 is 0.385. The van der Waals surface area contributed by atoms with Gasteiger partial charge in [0.1, 0.15) is 0 Å². The van der Waals surface area contributed by atoms with Gasteiger partial charge in [-0.2, -0.15) is 0 Å². The van der Waals surface area contributed by atoms with Crippen molar-refractivity contribution in [2.24, 2.45) is 5.10 Å². The van der Waals surface area contributed by atoms with Gasteiger partial charge in [0.05, 0.1) is 0 Å². The Morgan fingerprint density at radius 2 is 2.06 bits per heavy atom. The van der Waals surface area contributed by atoms with Gasteiger partial charge in [-0.1, -0.05) is 0 Å². The number of aliphatic carboxylic acids is 1. The molecular formula is C10H10HgN5O2. The summed E-state index contributed by atoms with van der Waals surface area (Å²) in [7, 11) is 0. The number of aromatic nitrogens is 4. The number of carboxylic acids is 1. The predicted octanol–water partition coefficient (Wildman–Crippen LogP) is -0.182. The van der Waals surface area contributed by atoms with Crippen LogP contribution in [-0.2, 0) is 30.9 Å². The molecule has 0 aliphatic heterocycles. The van der Waals surface area contributed by atoms with Crippen molar-refractivity contribution in [1.29, 1.82) is 0 Å². The Balaban J connectivity index is 0.000000357. The SMILES string of the molecule is CC(=O)O.[Hg][c]1nnnn1N=Cc1ccccc1. The van der Waals surface area contributed by atoms with Crippen LogP contribution in [0, 0.1) is 0 Å². The van der Waals surface area contributed by atoms with E-state index in [0.29, 0.717) is 26.1 Å². The van der Waals surface area contributed by atoms with Crippen molar-refractivity contribution in [3.05, 3.63) is 35.9 Å². The molecule has 1 aromatic carbocycles. The summed E-state index contributed by atoms with van der Waals surface area (Å²) in [6, 6.07) is 9.85. The summed E-state index contributed by atoms with van der Waals surface area (Å²) in [5.41, 5.74) is 1.04. The van der Waals surface area contributed by atoms with Crippen molar-refractivity contribution in [2.45, 2.75) is 6.92 Å². The second-order valence-electron chi connectivity index (χ2n) is 3.16. The van der Waals surface area contributed by atoms with Crippen molar-refractivity contribution in [1.82, 2.24) is 20.3 Å². The monoisotopic (exact) mass is 434 g/mol. The quantitative estimate of drug-likeness (QED) is 0.525. The fraction of sp³-hybridized carbons (Fsp3) is 0.100. The van der Waals surface area contributed by atoms with E-state index < -0.39 is 5.97 Å². The molecule has 89 valence electrons. The van der Waals surface area contributed by atoms with Gasteiger partial charge in [-0.05, 0) is 0 Å². The standard InChI is InChI=1S/C8H6N5.C2H4O2.Hg/c1-2-4-8(5-3-1)6-10-13-7-9-11-12-13;1-2(3)4;/h1-6H;1H3,(H,3,4);. The molecule has 8 heteroatoms. The second kappa shape index (κ2) is 7.65. The zero-order valence-electron chi connectivity index (χ0n) is 9.76. The minimum atomic E-state index is -0.833. The zero-order chi connectivity index (χ0) is 13.4. The van der Waals surface area contributed by atoms with Crippen LogP contribution in [0.5, 0.6) is 0 Å². The maximum atomic E-state index is 9.00. The average Bonchev–Trinajstić information content (AvgIpc) is 2.73. The molecule has 0 radical (unpaired) electrons. The van der Waals surface area contributed by atoms with Crippen molar-refractivity contribution < 1.29 is 36.0 Å². The van der Waals surface area contributed by atoms with Crippen LogP contribution in [0.25, 0.3) is 0 Å². The molecule has 1 N–H and O–H groups in total. The van der Waals surface area contributed by atoms with E-state index in [1.807, 2.05) is 30.3 Å². The summed E-state index contributed by atoms with van der Waals surface area (Å²) in [5.74, 6) is -0.833. The predicted molar refractivity (Wildman–Crippen MR) is 60.2 cm³/mol. The van der Waals surface area contributed by atoms with Gasteiger partial charge in [-0.15, -0.1) is 0 Å². The Labute approximate surface area is 119 Å². The van der Waals surface area contributed by atoms with Gasteiger partial charge in [0.25, 0.3) is 5.97 Å². The third-order valence-corrected chi connectivity index (χ3v) is 3.28. The molecule has 0 aliphatic rings. The Morgan fingerprint density at radius 3 is 2.56 bits per heavy atom. The number of rotatable bonds is 2. The fourth-order valence-electron chi connectivity index (χ4n) is 0.951. The summed E-state index contributed by atoms with van der Waals surface area (Å²) in [5, 5.41) is 22.6. The molecule has 2 rings (SSSR count). The molecule has 0 saturated heterocycles. The topological polar surface area (TPSA) is 93.3 Å². The molecule has 0 amide bonds. The summed E-state index contributed by atoms with van der Waals surface area (Å²) in [6.07, 6.45) is 1.74. The van der Waals surface area contributed by atoms with Gasteiger partial charge in [0, 0.05) is 6.92 Å². The molecule has 0 spiro atoms. The molecule has 18 heavy (non-hydrogen) atoms. The normalized spacial score (nSPS) is 9.94. The zero-order valence-corrected chi connectivity index (χ0v) is 15.3. The van der Waals surface area contributed by atoms with E-state index in [4.69, 9.17) is 9.90 Å². The van der Waals surface area contributed by atoms with Gasteiger partial charge in [-0.25, -0.2) is 0 Å². The van der Waals surface area contributed by atoms with Gasteiger partial charge < -0.3 is 5.11 Å². The molecule has 0 atom stereocenters. The van der Waals surface area contributed by atoms with Crippen LogP contribution < -0.4 is 3.33 Å². The second-order valence-corrected chi connectivity index (χ2v) is 5.62. The van der Waals surface area contributed by atoms with Crippen molar-refractivity contribution >= 4 is 15.5 Å². The summed E-state index contributed by atoms with van der Waals surface area (Å²) in [4.78, 5) is 10.5. The number of hydrogen-bond donors (Lipinski definition) is 1. The Morgan fingerprint density at radius 1 is 1.44 bits per heavy atom. The molecular weight excluding hydrogens is 423 g/mol. The molecule has 1 heterocycles. The van der Waals surface area contributed by atoms with Crippen LogP contribution in [0.1, 0.15) is 12.5 Å². The van der Waals surface area contributed by atoms with E-state index >= 15 is 0 Å². The first-order valence-electron chi connectivity index (χ1n) is 4.99. The third-order valence-electron chi connectivity index (χ3n) is 1.63. The van der Waals surface area contributed by atoms with Crippen LogP contribution in [-0.4, -0.2) is 37.6 Å². The van der Waals surface area contributed by atoms with Gasteiger partial charge in [-0.3, -0.25) is 4.79 Å². The van der Waals surface area contributed by atoms with Crippen LogP contribution in [0.3, 0.4) is 0 Å². The van der Waals surface area contributed by atoms with Gasteiger partial charge in [0.2, 0.25) is 0 Å². The van der Waals surface area contributed by atoms with Crippen molar-refractivity contribution in [3.8, 4) is 0 Å². The summed E-state index contributed by atoms with van der Waals surface area (Å²) < 4.78 is 0.859. The van der Waals surface area contributed by atoms with Crippen molar-refractivity contribution in [3.63, 3.8) is 0 Å². The number of hydrogen-bond acceptors (Lipinski definition) is 5. The van der Waals surface area contributed by atoms with E-state index in [1.165, 1.54) is 4.79 Å². The number of carbonyl (C=O) groups is 1. The average molecular weight is 433 g/mol.